The second-order valence-electron chi connectivity index (χ2n) is 6.00. The van der Waals surface area contributed by atoms with Gasteiger partial charge >= 0.3 is 0 Å². The molecule has 0 fully saturated rings. The van der Waals surface area contributed by atoms with Crippen LogP contribution >= 0.6 is 23.2 Å². The predicted molar refractivity (Wildman–Crippen MR) is 111 cm³/mol. The summed E-state index contributed by atoms with van der Waals surface area (Å²) >= 11 is 12.3. The fraction of sp³-hybridized carbons (Fsp3) is 0.150. The van der Waals surface area contributed by atoms with E-state index < -0.39 is 0 Å². The summed E-state index contributed by atoms with van der Waals surface area (Å²) in [5.74, 6) is 0.344. The van der Waals surface area contributed by atoms with Gasteiger partial charge in [0.25, 0.3) is 5.91 Å². The van der Waals surface area contributed by atoms with Gasteiger partial charge in [-0.2, -0.15) is 10.2 Å². The van der Waals surface area contributed by atoms with Crippen LogP contribution in [-0.4, -0.2) is 29.0 Å². The number of rotatable bonds is 6. The topological polar surface area (TPSA) is 68.5 Å². The van der Waals surface area contributed by atoms with Crippen molar-refractivity contribution in [1.82, 2.24) is 15.2 Å². The molecule has 1 N–H and O–H groups in total. The molecule has 3 aromatic rings. The number of benzene rings is 2. The van der Waals surface area contributed by atoms with Crippen LogP contribution in [0.4, 0.5) is 0 Å². The van der Waals surface area contributed by atoms with Crippen LogP contribution in [0.1, 0.15) is 27.2 Å². The Morgan fingerprint density at radius 2 is 1.86 bits per heavy atom. The van der Waals surface area contributed by atoms with E-state index in [0.29, 0.717) is 39.3 Å². The van der Waals surface area contributed by atoms with Gasteiger partial charge in [-0.15, -0.1) is 0 Å². The summed E-state index contributed by atoms with van der Waals surface area (Å²) in [7, 11) is 1.57. The van der Waals surface area contributed by atoms with Gasteiger partial charge in [-0.1, -0.05) is 35.3 Å². The molecule has 8 heteroatoms. The molecule has 0 radical (unpaired) electrons. The molecule has 0 atom stereocenters. The molecule has 0 saturated carbocycles. The number of aromatic nitrogens is 2. The van der Waals surface area contributed by atoms with Gasteiger partial charge < -0.3 is 4.74 Å². The maximum Gasteiger partial charge on any atom is 0.271 e. The monoisotopic (exact) mass is 416 g/mol. The largest absolute Gasteiger partial charge is 0.497 e. The summed E-state index contributed by atoms with van der Waals surface area (Å²) in [6.07, 6.45) is 1.49. The number of hydrogen-bond acceptors (Lipinski definition) is 4. The smallest absolute Gasteiger partial charge is 0.271 e. The van der Waals surface area contributed by atoms with Gasteiger partial charge in [0.05, 0.1) is 31.1 Å². The summed E-state index contributed by atoms with van der Waals surface area (Å²) < 4.78 is 6.75. The molecule has 144 valence electrons. The van der Waals surface area contributed by atoms with Gasteiger partial charge in [0.1, 0.15) is 10.9 Å². The molecule has 2 aromatic carbocycles. The fourth-order valence-electron chi connectivity index (χ4n) is 2.54. The summed E-state index contributed by atoms with van der Waals surface area (Å²) in [5.41, 5.74) is 5.33. The first-order valence-corrected chi connectivity index (χ1v) is 9.18. The minimum absolute atomic E-state index is 0.332. The SMILES string of the molecule is COc1ccc(C(=O)N/N=C\c2c(C)nn(Cc3ccc(Cl)cc3)c2Cl)cc1. The van der Waals surface area contributed by atoms with Crippen molar-refractivity contribution in [2.45, 2.75) is 13.5 Å². The Kier molecular flexibility index (Phi) is 6.34. The molecular weight excluding hydrogens is 399 g/mol. The Balaban J connectivity index is 1.68. The number of ether oxygens (including phenoxy) is 1. The van der Waals surface area contributed by atoms with Crippen molar-refractivity contribution in [1.29, 1.82) is 0 Å². The van der Waals surface area contributed by atoms with Gasteiger partial charge in [0.2, 0.25) is 0 Å². The highest BCUT2D eigenvalue weighted by molar-refractivity contribution is 6.32. The standard InChI is InChI=1S/C20H18Cl2N4O2/c1-13-18(11-23-24-20(27)15-5-9-17(28-2)10-6-15)19(22)26(25-13)12-14-3-7-16(21)8-4-14/h3-11H,12H2,1-2H3,(H,24,27)/b23-11-. The van der Waals surface area contributed by atoms with Crippen LogP contribution in [0.3, 0.4) is 0 Å². The van der Waals surface area contributed by atoms with Gasteiger partial charge in [-0.05, 0) is 48.9 Å². The minimum Gasteiger partial charge on any atom is -0.497 e. The Bertz CT molecular complexity index is 996. The molecular formula is C20H18Cl2N4O2. The van der Waals surface area contributed by atoms with Crippen molar-refractivity contribution in [2.24, 2.45) is 5.10 Å². The molecule has 28 heavy (non-hydrogen) atoms. The molecule has 0 aliphatic heterocycles. The molecule has 1 heterocycles. The lowest BCUT2D eigenvalue weighted by molar-refractivity contribution is 0.0955. The number of carbonyl (C=O) groups excluding carboxylic acids is 1. The number of amides is 1. The van der Waals surface area contributed by atoms with E-state index in [0.717, 1.165) is 5.56 Å². The summed E-state index contributed by atoms with van der Waals surface area (Å²) in [6, 6.07) is 14.2. The number of aryl methyl sites for hydroxylation is 1. The molecule has 0 saturated heterocycles. The van der Waals surface area contributed by atoms with Gasteiger partial charge in [0, 0.05) is 10.6 Å². The summed E-state index contributed by atoms with van der Waals surface area (Å²) in [4.78, 5) is 12.1. The Morgan fingerprint density at radius 3 is 2.50 bits per heavy atom. The van der Waals surface area contributed by atoms with Crippen LogP contribution in [0.2, 0.25) is 10.2 Å². The molecule has 1 amide bonds. The van der Waals surface area contributed by atoms with E-state index in [9.17, 15) is 4.79 Å². The first-order valence-electron chi connectivity index (χ1n) is 8.42. The van der Waals surface area contributed by atoms with E-state index in [2.05, 4.69) is 15.6 Å². The Labute approximate surface area is 172 Å². The van der Waals surface area contributed by atoms with Gasteiger partial charge in [-0.3, -0.25) is 4.79 Å². The summed E-state index contributed by atoms with van der Waals surface area (Å²) in [6.45, 7) is 2.33. The first-order chi connectivity index (χ1) is 13.5. The highest BCUT2D eigenvalue weighted by Crippen LogP contribution is 2.20. The van der Waals surface area contributed by atoms with E-state index in [1.165, 1.54) is 6.21 Å². The number of carbonyl (C=O) groups is 1. The number of nitrogens with one attached hydrogen (secondary N) is 1. The summed E-state index contributed by atoms with van der Waals surface area (Å²) in [5, 5.41) is 9.55. The van der Waals surface area contributed by atoms with Gasteiger partial charge in [-0.25, -0.2) is 10.1 Å². The van der Waals surface area contributed by atoms with Crippen molar-refractivity contribution >= 4 is 35.3 Å². The van der Waals surface area contributed by atoms with Crippen LogP contribution in [0.15, 0.2) is 53.6 Å². The second kappa shape index (κ2) is 8.91. The van der Waals surface area contributed by atoms with E-state index in [1.807, 2.05) is 31.2 Å². The lowest BCUT2D eigenvalue weighted by Crippen LogP contribution is -2.17. The van der Waals surface area contributed by atoms with E-state index in [1.54, 1.807) is 36.1 Å². The van der Waals surface area contributed by atoms with Crippen LogP contribution in [0, 0.1) is 6.92 Å². The van der Waals surface area contributed by atoms with Crippen molar-refractivity contribution in [3.05, 3.63) is 81.1 Å². The Hall–Kier alpha value is -2.83. The zero-order chi connectivity index (χ0) is 20.1. The molecule has 1 aromatic heterocycles. The minimum atomic E-state index is -0.332. The number of nitrogens with zero attached hydrogens (tertiary/aromatic N) is 3. The average molecular weight is 417 g/mol. The zero-order valence-electron chi connectivity index (χ0n) is 15.3. The number of hydrazone groups is 1. The third kappa shape index (κ3) is 4.71. The highest BCUT2D eigenvalue weighted by Gasteiger charge is 2.12. The molecule has 0 bridgehead atoms. The molecule has 6 nitrogen and oxygen atoms in total. The van der Waals surface area contributed by atoms with Crippen LogP contribution in [-0.2, 0) is 6.54 Å². The lowest BCUT2D eigenvalue weighted by Gasteiger charge is -2.04. The van der Waals surface area contributed by atoms with Crippen LogP contribution < -0.4 is 10.2 Å². The Morgan fingerprint density at radius 1 is 1.18 bits per heavy atom. The lowest BCUT2D eigenvalue weighted by atomic mass is 10.2. The average Bonchev–Trinajstić information content (AvgIpc) is 2.97. The van der Waals surface area contributed by atoms with Crippen molar-refractivity contribution in [2.75, 3.05) is 7.11 Å². The van der Waals surface area contributed by atoms with E-state index in [4.69, 9.17) is 27.9 Å². The number of hydrogen-bond donors (Lipinski definition) is 1. The van der Waals surface area contributed by atoms with Crippen molar-refractivity contribution in [3.63, 3.8) is 0 Å². The van der Waals surface area contributed by atoms with Crippen molar-refractivity contribution in [3.8, 4) is 5.75 Å². The third-order valence-corrected chi connectivity index (χ3v) is 4.72. The fourth-order valence-corrected chi connectivity index (χ4v) is 2.95. The maximum absolute atomic E-state index is 12.1. The van der Waals surface area contributed by atoms with Crippen molar-refractivity contribution < 1.29 is 9.53 Å². The molecule has 0 spiro atoms. The van der Waals surface area contributed by atoms with Crippen LogP contribution in [0.5, 0.6) is 5.75 Å². The van der Waals surface area contributed by atoms with E-state index in [-0.39, 0.29) is 5.91 Å². The predicted octanol–water partition coefficient (Wildman–Crippen LogP) is 4.32. The highest BCUT2D eigenvalue weighted by atomic mass is 35.5. The van der Waals surface area contributed by atoms with E-state index >= 15 is 0 Å². The maximum atomic E-state index is 12.1. The number of methoxy groups -OCH3 is 1. The molecule has 0 aliphatic rings. The first kappa shape index (κ1) is 19.9. The zero-order valence-corrected chi connectivity index (χ0v) is 16.8. The number of halogens is 2. The quantitative estimate of drug-likeness (QED) is 0.480. The van der Waals surface area contributed by atoms with Crippen LogP contribution in [0.25, 0.3) is 0 Å². The molecule has 3 rings (SSSR count). The molecule has 0 aliphatic carbocycles. The normalized spacial score (nSPS) is 11.0. The van der Waals surface area contributed by atoms with Gasteiger partial charge in [0.15, 0.2) is 0 Å². The second-order valence-corrected chi connectivity index (χ2v) is 6.80. The molecule has 0 unspecified atom stereocenters. The third-order valence-electron chi connectivity index (χ3n) is 4.07.